The number of hydrogen-bond donors (Lipinski definition) is 2. The number of H-pyrrole nitrogens is 1. The Labute approximate surface area is 136 Å². The fraction of sp³-hybridized carbons (Fsp3) is 0.667. The van der Waals surface area contributed by atoms with Gasteiger partial charge < -0.3 is 10.2 Å². The van der Waals surface area contributed by atoms with Crippen molar-refractivity contribution in [3.05, 3.63) is 17.5 Å². The number of amides is 2. The molecule has 0 spiro atoms. The number of carbonyl (C=O) groups is 2. The molecule has 1 saturated heterocycles. The largest absolute Gasteiger partial charge is 0.420 e. The van der Waals surface area contributed by atoms with E-state index in [1.165, 1.54) is 4.90 Å². The van der Waals surface area contributed by atoms with Crippen LogP contribution in [0.4, 0.5) is 13.2 Å². The van der Waals surface area contributed by atoms with Crippen molar-refractivity contribution in [3.8, 4) is 0 Å². The lowest BCUT2D eigenvalue weighted by Crippen LogP contribution is -2.46. The van der Waals surface area contributed by atoms with Crippen LogP contribution in [0.3, 0.4) is 0 Å². The molecule has 2 N–H and O–H groups in total. The fourth-order valence-corrected chi connectivity index (χ4v) is 2.91. The molecule has 1 saturated carbocycles. The van der Waals surface area contributed by atoms with E-state index in [9.17, 15) is 22.8 Å². The van der Waals surface area contributed by atoms with Crippen LogP contribution < -0.4 is 5.32 Å². The maximum Gasteiger partial charge on any atom is 0.420 e. The zero-order valence-electron chi connectivity index (χ0n) is 13.0. The third-order valence-electron chi connectivity index (χ3n) is 4.50. The number of halogens is 3. The van der Waals surface area contributed by atoms with E-state index < -0.39 is 23.3 Å². The normalized spacial score (nSPS) is 21.6. The summed E-state index contributed by atoms with van der Waals surface area (Å²) in [5.74, 6) is -0.715. The lowest BCUT2D eigenvalue weighted by atomic mass is 9.96. The number of likely N-dealkylation sites (tertiary alicyclic amines) is 1. The Kier molecular flexibility index (Phi) is 4.51. The molecule has 1 atom stereocenters. The summed E-state index contributed by atoms with van der Waals surface area (Å²) in [6.45, 7) is 1.11. The number of aromatic nitrogens is 2. The molecule has 1 aromatic rings. The molecule has 1 aromatic heterocycles. The maximum absolute atomic E-state index is 12.9. The highest BCUT2D eigenvalue weighted by atomic mass is 19.4. The van der Waals surface area contributed by atoms with Gasteiger partial charge in [-0.1, -0.05) is 0 Å². The van der Waals surface area contributed by atoms with Crippen LogP contribution >= 0.6 is 0 Å². The predicted molar refractivity (Wildman–Crippen MR) is 78.0 cm³/mol. The van der Waals surface area contributed by atoms with Crippen molar-refractivity contribution in [3.63, 3.8) is 0 Å². The summed E-state index contributed by atoms with van der Waals surface area (Å²) in [5, 5.41) is 8.35. The second-order valence-electron chi connectivity index (χ2n) is 6.44. The summed E-state index contributed by atoms with van der Waals surface area (Å²) in [6, 6.07) is 0. The SMILES string of the molecule is O=C(NCC1CC1)C1CCCN(C(=O)c2[nH]ncc2C(F)(F)F)C1. The van der Waals surface area contributed by atoms with Crippen LogP contribution in [0.2, 0.25) is 0 Å². The molecule has 1 aliphatic carbocycles. The van der Waals surface area contributed by atoms with Gasteiger partial charge in [-0.2, -0.15) is 18.3 Å². The second-order valence-corrected chi connectivity index (χ2v) is 6.44. The minimum Gasteiger partial charge on any atom is -0.356 e. The Morgan fingerprint density at radius 2 is 2.08 bits per heavy atom. The Bertz CT molecular complexity index is 624. The molecule has 0 aromatic carbocycles. The molecule has 2 fully saturated rings. The van der Waals surface area contributed by atoms with Crippen molar-refractivity contribution in [2.24, 2.45) is 11.8 Å². The van der Waals surface area contributed by atoms with Crippen LogP contribution in [0.1, 0.15) is 41.7 Å². The Morgan fingerprint density at radius 3 is 2.75 bits per heavy atom. The van der Waals surface area contributed by atoms with Gasteiger partial charge in [0, 0.05) is 19.6 Å². The Balaban J connectivity index is 1.64. The van der Waals surface area contributed by atoms with Gasteiger partial charge in [0.2, 0.25) is 5.91 Å². The molecule has 1 aliphatic heterocycles. The van der Waals surface area contributed by atoms with E-state index in [-0.39, 0.29) is 18.4 Å². The number of alkyl halides is 3. The van der Waals surface area contributed by atoms with Crippen molar-refractivity contribution >= 4 is 11.8 Å². The third-order valence-corrected chi connectivity index (χ3v) is 4.50. The van der Waals surface area contributed by atoms with E-state index in [1.807, 2.05) is 0 Å². The molecular weight excluding hydrogens is 325 g/mol. The van der Waals surface area contributed by atoms with Crippen LogP contribution in [0, 0.1) is 11.8 Å². The van der Waals surface area contributed by atoms with Gasteiger partial charge in [-0.15, -0.1) is 0 Å². The molecule has 0 radical (unpaired) electrons. The molecule has 24 heavy (non-hydrogen) atoms. The summed E-state index contributed by atoms with van der Waals surface area (Å²) in [4.78, 5) is 25.9. The number of rotatable bonds is 4. The molecule has 6 nitrogen and oxygen atoms in total. The maximum atomic E-state index is 12.9. The molecular formula is C15H19F3N4O2. The summed E-state index contributed by atoms with van der Waals surface area (Å²) in [5.41, 5.74) is -1.64. The molecule has 9 heteroatoms. The highest BCUT2D eigenvalue weighted by molar-refractivity contribution is 5.94. The summed E-state index contributed by atoms with van der Waals surface area (Å²) in [6.07, 6.45) is -0.574. The number of aromatic amines is 1. The van der Waals surface area contributed by atoms with E-state index in [1.54, 1.807) is 0 Å². The highest BCUT2D eigenvalue weighted by Crippen LogP contribution is 2.32. The Morgan fingerprint density at radius 1 is 1.33 bits per heavy atom. The smallest absolute Gasteiger partial charge is 0.356 e. The van der Waals surface area contributed by atoms with Crippen molar-refractivity contribution in [2.45, 2.75) is 31.9 Å². The molecule has 1 unspecified atom stereocenters. The van der Waals surface area contributed by atoms with Crippen LogP contribution in [-0.2, 0) is 11.0 Å². The van der Waals surface area contributed by atoms with Gasteiger partial charge in [-0.05, 0) is 31.6 Å². The Hall–Kier alpha value is -2.06. The average Bonchev–Trinajstić information content (AvgIpc) is 3.24. The molecule has 2 heterocycles. The zero-order chi connectivity index (χ0) is 17.3. The first kappa shape index (κ1) is 16.8. The van der Waals surface area contributed by atoms with Gasteiger partial charge in [-0.3, -0.25) is 14.7 Å². The summed E-state index contributed by atoms with van der Waals surface area (Å²) >= 11 is 0. The molecule has 132 valence electrons. The van der Waals surface area contributed by atoms with E-state index in [2.05, 4.69) is 15.5 Å². The topological polar surface area (TPSA) is 78.1 Å². The summed E-state index contributed by atoms with van der Waals surface area (Å²) in [7, 11) is 0. The first-order valence-electron chi connectivity index (χ1n) is 8.04. The van der Waals surface area contributed by atoms with Gasteiger partial charge in [0.25, 0.3) is 5.91 Å². The van der Waals surface area contributed by atoms with E-state index in [4.69, 9.17) is 0 Å². The highest BCUT2D eigenvalue weighted by Gasteiger charge is 2.39. The third kappa shape index (κ3) is 3.70. The zero-order valence-corrected chi connectivity index (χ0v) is 13.0. The molecule has 2 aliphatic rings. The van der Waals surface area contributed by atoms with Crippen LogP contribution in [0.5, 0.6) is 0 Å². The average molecular weight is 344 g/mol. The van der Waals surface area contributed by atoms with Crippen LogP contribution in [-0.4, -0.2) is 46.5 Å². The van der Waals surface area contributed by atoms with Gasteiger partial charge in [0.05, 0.1) is 12.1 Å². The monoisotopic (exact) mass is 344 g/mol. The van der Waals surface area contributed by atoms with Gasteiger partial charge in [-0.25, -0.2) is 0 Å². The lowest BCUT2D eigenvalue weighted by molar-refractivity contribution is -0.138. The van der Waals surface area contributed by atoms with Crippen molar-refractivity contribution < 1.29 is 22.8 Å². The van der Waals surface area contributed by atoms with Gasteiger partial charge >= 0.3 is 6.18 Å². The standard InChI is InChI=1S/C15H19F3N4O2/c16-15(17,18)11-7-20-21-12(11)14(24)22-5-1-2-10(8-22)13(23)19-6-9-3-4-9/h7,9-10H,1-6,8H2,(H,19,23)(H,20,21). The van der Waals surface area contributed by atoms with Crippen molar-refractivity contribution in [1.82, 2.24) is 20.4 Å². The first-order chi connectivity index (χ1) is 11.4. The second kappa shape index (κ2) is 6.45. The number of nitrogens with zero attached hydrogens (tertiary/aromatic N) is 2. The van der Waals surface area contributed by atoms with Crippen molar-refractivity contribution in [2.75, 3.05) is 19.6 Å². The molecule has 2 amide bonds. The minimum absolute atomic E-state index is 0.125. The molecule has 0 bridgehead atoms. The van der Waals surface area contributed by atoms with E-state index in [0.29, 0.717) is 38.0 Å². The number of carbonyl (C=O) groups excluding carboxylic acids is 2. The number of piperidine rings is 1. The molecule has 3 rings (SSSR count). The van der Waals surface area contributed by atoms with Crippen LogP contribution in [0.15, 0.2) is 6.20 Å². The number of hydrogen-bond acceptors (Lipinski definition) is 3. The van der Waals surface area contributed by atoms with E-state index in [0.717, 1.165) is 12.8 Å². The van der Waals surface area contributed by atoms with Gasteiger partial charge in [0.1, 0.15) is 11.3 Å². The summed E-state index contributed by atoms with van der Waals surface area (Å²) < 4.78 is 38.7. The minimum atomic E-state index is -4.64. The number of nitrogens with one attached hydrogen (secondary N) is 2. The van der Waals surface area contributed by atoms with Gasteiger partial charge in [0.15, 0.2) is 0 Å². The van der Waals surface area contributed by atoms with Crippen LogP contribution in [0.25, 0.3) is 0 Å². The lowest BCUT2D eigenvalue weighted by Gasteiger charge is -2.32. The predicted octanol–water partition coefficient (Wildman–Crippen LogP) is 1.81. The quantitative estimate of drug-likeness (QED) is 0.874. The fourth-order valence-electron chi connectivity index (χ4n) is 2.91. The van der Waals surface area contributed by atoms with Crippen molar-refractivity contribution in [1.29, 1.82) is 0 Å². The first-order valence-corrected chi connectivity index (χ1v) is 8.04. The van der Waals surface area contributed by atoms with E-state index >= 15 is 0 Å².